The van der Waals surface area contributed by atoms with Gasteiger partial charge in [0.05, 0.1) is 44.4 Å². The molecule has 2 aromatic heterocycles. The molecule has 5 aliphatic rings. The molecule has 4 aromatic rings. The number of methoxy groups -OCH3 is 2. The highest BCUT2D eigenvalue weighted by atomic mass is 16.5. The Morgan fingerprint density at radius 1 is 0.780 bits per heavy atom. The first kappa shape index (κ1) is 38.6. The Hall–Kier alpha value is -5.88. The Balaban J connectivity index is 0.881. The summed E-state index contributed by atoms with van der Waals surface area (Å²) in [4.78, 5) is 72.5. The normalized spacial score (nSPS) is 25.4. The number of fused-ring (bicyclic) bond motifs is 3. The zero-order valence-electron chi connectivity index (χ0n) is 33.7. The van der Waals surface area contributed by atoms with Gasteiger partial charge in [0.2, 0.25) is 11.8 Å². The highest BCUT2D eigenvalue weighted by molar-refractivity contribution is 5.89. The molecule has 59 heavy (non-hydrogen) atoms. The summed E-state index contributed by atoms with van der Waals surface area (Å²) in [6.45, 7) is 4.94. The fourth-order valence-corrected chi connectivity index (χ4v) is 9.52. The van der Waals surface area contributed by atoms with Crippen LogP contribution in [-0.4, -0.2) is 105 Å². The first-order valence-electron chi connectivity index (χ1n) is 20.7. The van der Waals surface area contributed by atoms with Crippen LogP contribution in [-0.2, 0) is 23.8 Å². The molecule has 3 aliphatic heterocycles. The van der Waals surface area contributed by atoms with E-state index in [9.17, 15) is 19.2 Å². The van der Waals surface area contributed by atoms with Gasteiger partial charge in [-0.05, 0) is 97.1 Å². The van der Waals surface area contributed by atoms with E-state index in [1.165, 1.54) is 14.2 Å². The van der Waals surface area contributed by atoms with Gasteiger partial charge in [0, 0.05) is 36.4 Å². The van der Waals surface area contributed by atoms with Gasteiger partial charge < -0.3 is 44.6 Å². The van der Waals surface area contributed by atoms with E-state index in [2.05, 4.69) is 67.8 Å². The van der Waals surface area contributed by atoms with Crippen molar-refractivity contribution >= 4 is 34.8 Å². The Kier molecular flexibility index (Phi) is 10.3. The van der Waals surface area contributed by atoms with Gasteiger partial charge in [-0.2, -0.15) is 0 Å². The third kappa shape index (κ3) is 7.62. The first-order valence-corrected chi connectivity index (χ1v) is 20.7. The number of aromatic nitrogens is 4. The van der Waals surface area contributed by atoms with Gasteiger partial charge >= 0.3 is 12.2 Å². The van der Waals surface area contributed by atoms with Crippen molar-refractivity contribution in [2.45, 2.75) is 88.6 Å². The lowest BCUT2D eigenvalue weighted by Gasteiger charge is -2.35. The lowest BCUT2D eigenvalue weighted by Crippen LogP contribution is -2.54. The van der Waals surface area contributed by atoms with Crippen LogP contribution in [0, 0.1) is 35.5 Å². The quantitative estimate of drug-likeness (QED) is 0.165. The number of nitrogens with one attached hydrogen (secondary N) is 4. The van der Waals surface area contributed by atoms with Crippen molar-refractivity contribution in [3.05, 3.63) is 71.7 Å². The highest BCUT2D eigenvalue weighted by Gasteiger charge is 2.57. The molecule has 8 atom stereocenters. The second-order valence-electron chi connectivity index (χ2n) is 16.9. The van der Waals surface area contributed by atoms with Crippen molar-refractivity contribution in [1.82, 2.24) is 40.4 Å². The summed E-state index contributed by atoms with van der Waals surface area (Å²) in [5, 5.41) is 7.65. The first-order chi connectivity index (χ1) is 28.6. The van der Waals surface area contributed by atoms with Gasteiger partial charge in [-0.1, -0.05) is 38.0 Å². The zero-order valence-corrected chi connectivity index (χ0v) is 33.7. The molecule has 0 radical (unpaired) electrons. The van der Waals surface area contributed by atoms with Crippen LogP contribution in [0.3, 0.4) is 0 Å². The van der Waals surface area contributed by atoms with Crippen LogP contribution in [0.2, 0.25) is 0 Å². The van der Waals surface area contributed by atoms with Gasteiger partial charge in [0.25, 0.3) is 0 Å². The van der Waals surface area contributed by atoms with E-state index in [0.29, 0.717) is 49.4 Å². The number of hydrogen-bond acceptors (Lipinski definition) is 9. The average molecular weight is 803 g/mol. The number of imidazole rings is 2. The molecule has 2 aromatic carbocycles. The minimum atomic E-state index is -0.690. The monoisotopic (exact) mass is 802 g/mol. The number of amides is 4. The third-order valence-corrected chi connectivity index (χ3v) is 12.9. The predicted molar refractivity (Wildman–Crippen MR) is 215 cm³/mol. The van der Waals surface area contributed by atoms with Crippen molar-refractivity contribution in [3.8, 4) is 23.1 Å². The standard InChI is InChI=1S/C44H50N8O7/c1-23(2)37(49-43(55)57-3)41(53)51-33-17-29(33)19-35(51)39-45-21-31(47-39)10-6-24-5-7-27-16-28(9-8-26(27)15-24)32-22-46-40(48-32)36-20-30-18-34(30)52(36)42(54)38(50-44(56)58-4)25-11-13-59-14-12-25/h5,7-9,15-16,21-23,25,29-30,33-38H,11-14,17-20H2,1-4H3,(H,45,47)(H,46,48)(H,49,55)(H,50,56)/t29-,30-,33?,34-,35+,36+,37+,38+/m1/s1. The molecule has 0 spiro atoms. The van der Waals surface area contributed by atoms with E-state index in [0.717, 1.165) is 59.1 Å². The Morgan fingerprint density at radius 2 is 1.41 bits per heavy atom. The second kappa shape index (κ2) is 15.7. The molecule has 1 unspecified atom stereocenters. The molecule has 0 bridgehead atoms. The molecule has 5 heterocycles. The number of carbonyl (C=O) groups is 4. The van der Waals surface area contributed by atoms with Crippen molar-refractivity contribution in [1.29, 1.82) is 0 Å². The molecule has 9 rings (SSSR count). The maximum atomic E-state index is 14.2. The van der Waals surface area contributed by atoms with Crippen LogP contribution < -0.4 is 10.6 Å². The van der Waals surface area contributed by atoms with Crippen molar-refractivity contribution in [3.63, 3.8) is 0 Å². The maximum absolute atomic E-state index is 14.2. The van der Waals surface area contributed by atoms with Crippen LogP contribution in [0.4, 0.5) is 9.59 Å². The topological polar surface area (TPSA) is 184 Å². The SMILES string of the molecule is COC(=O)N[C@H](C(=O)N1C2C[C@@H]2C[C@H]1c1ncc(C#Cc2ccc3cc(-c4cnc([C@@H]5C[C@H]6C[C@H]6N5C(=O)[C@@H](NC(=O)OC)C5CCOCC5)[nH]4)ccc3c2)[nH]1)C(C)C. The number of likely N-dealkylation sites (tertiary alicyclic amines) is 2. The van der Waals surface area contributed by atoms with Crippen LogP contribution in [0.1, 0.15) is 87.4 Å². The van der Waals surface area contributed by atoms with Gasteiger partial charge in [0.15, 0.2) is 0 Å². The molecule has 5 fully saturated rings. The van der Waals surface area contributed by atoms with E-state index in [1.807, 2.05) is 35.9 Å². The average Bonchev–Trinajstić information content (AvgIpc) is 3.85. The van der Waals surface area contributed by atoms with Gasteiger partial charge in [-0.3, -0.25) is 9.59 Å². The molecule has 2 aliphatic carbocycles. The Labute approximate surface area is 342 Å². The zero-order chi connectivity index (χ0) is 40.9. The van der Waals surface area contributed by atoms with Gasteiger partial charge in [0.1, 0.15) is 29.4 Å². The maximum Gasteiger partial charge on any atom is 0.407 e. The summed E-state index contributed by atoms with van der Waals surface area (Å²) in [5.74, 6) is 8.45. The van der Waals surface area contributed by atoms with E-state index in [4.69, 9.17) is 19.2 Å². The van der Waals surface area contributed by atoms with E-state index >= 15 is 0 Å². The third-order valence-electron chi connectivity index (χ3n) is 12.9. The van der Waals surface area contributed by atoms with Gasteiger partial charge in [-0.15, -0.1) is 0 Å². The van der Waals surface area contributed by atoms with Crippen molar-refractivity contribution in [2.75, 3.05) is 27.4 Å². The smallest absolute Gasteiger partial charge is 0.407 e. The van der Waals surface area contributed by atoms with Crippen molar-refractivity contribution < 1.29 is 33.4 Å². The molecule has 4 N–H and O–H groups in total. The fraction of sp³-hybridized carbons (Fsp3) is 0.500. The van der Waals surface area contributed by atoms with Crippen LogP contribution in [0.5, 0.6) is 0 Å². The van der Waals surface area contributed by atoms with Gasteiger partial charge in [-0.25, -0.2) is 19.6 Å². The molecule has 4 amide bonds. The number of piperidine rings is 2. The molecule has 3 saturated heterocycles. The summed E-state index contributed by atoms with van der Waals surface area (Å²) in [6, 6.07) is 10.9. The summed E-state index contributed by atoms with van der Waals surface area (Å²) < 4.78 is 15.2. The minimum Gasteiger partial charge on any atom is -0.453 e. The molecular formula is C44H50N8O7. The van der Waals surface area contributed by atoms with Crippen molar-refractivity contribution in [2.24, 2.45) is 23.7 Å². The lowest BCUT2D eigenvalue weighted by atomic mass is 9.90. The van der Waals surface area contributed by atoms with E-state index in [-0.39, 0.29) is 47.8 Å². The van der Waals surface area contributed by atoms with Crippen LogP contribution >= 0.6 is 0 Å². The number of carbonyl (C=O) groups excluding carboxylic acids is 4. The van der Waals surface area contributed by atoms with E-state index < -0.39 is 24.3 Å². The molecule has 308 valence electrons. The second-order valence-corrected chi connectivity index (χ2v) is 16.9. The number of ether oxygens (including phenoxy) is 3. The molecule has 15 heteroatoms. The van der Waals surface area contributed by atoms with E-state index in [1.54, 1.807) is 6.20 Å². The number of benzene rings is 2. The lowest BCUT2D eigenvalue weighted by molar-refractivity contribution is -0.138. The molecule has 15 nitrogen and oxygen atoms in total. The summed E-state index contributed by atoms with van der Waals surface area (Å²) in [7, 11) is 2.61. The summed E-state index contributed by atoms with van der Waals surface area (Å²) >= 11 is 0. The number of aromatic amines is 2. The van der Waals surface area contributed by atoms with Crippen LogP contribution in [0.15, 0.2) is 48.8 Å². The van der Waals surface area contributed by atoms with Crippen LogP contribution in [0.25, 0.3) is 22.0 Å². The predicted octanol–water partition coefficient (Wildman–Crippen LogP) is 5.21. The number of H-pyrrole nitrogens is 2. The Bertz CT molecular complexity index is 2340. The fourth-order valence-electron chi connectivity index (χ4n) is 9.52. The summed E-state index contributed by atoms with van der Waals surface area (Å²) in [5.41, 5.74) is 3.35. The highest BCUT2D eigenvalue weighted by Crippen LogP contribution is 2.54. The summed E-state index contributed by atoms with van der Waals surface area (Å²) in [6.07, 6.45) is 7.29. The number of rotatable bonds is 9. The number of nitrogens with zero attached hydrogens (tertiary/aromatic N) is 4. The largest absolute Gasteiger partial charge is 0.453 e. The number of alkyl carbamates (subject to hydrolysis) is 2. The Morgan fingerprint density at radius 3 is 2.10 bits per heavy atom. The molecule has 2 saturated carbocycles. The number of hydrogen-bond donors (Lipinski definition) is 4. The minimum absolute atomic E-state index is 0.0247. The molecular weight excluding hydrogens is 753 g/mol.